The number of hydrogen-bond donors (Lipinski definition) is 2. The third kappa shape index (κ3) is 3.40. The van der Waals surface area contributed by atoms with Crippen molar-refractivity contribution < 1.29 is 9.84 Å². The highest BCUT2D eigenvalue weighted by atomic mass is 32.1. The number of aliphatic hydroxyl groups is 1. The quantitative estimate of drug-likeness (QED) is 0.501. The van der Waals surface area contributed by atoms with Gasteiger partial charge in [0.1, 0.15) is 16.3 Å². The van der Waals surface area contributed by atoms with Crippen molar-refractivity contribution in [2.24, 2.45) is 0 Å². The van der Waals surface area contributed by atoms with Gasteiger partial charge in [0.05, 0.1) is 17.9 Å². The van der Waals surface area contributed by atoms with E-state index >= 15 is 0 Å². The van der Waals surface area contributed by atoms with Gasteiger partial charge in [0.15, 0.2) is 11.2 Å². The summed E-state index contributed by atoms with van der Waals surface area (Å²) in [5.74, 6) is 0.132. The number of thiazole rings is 1. The Morgan fingerprint density at radius 2 is 2.03 bits per heavy atom. The highest BCUT2D eigenvalue weighted by Crippen LogP contribution is 2.31. The molecule has 1 saturated heterocycles. The second-order valence-corrected chi connectivity index (χ2v) is 8.16. The molecular formula is C19H20N8O2S. The number of pyridine rings is 1. The van der Waals surface area contributed by atoms with Crippen LogP contribution in [0.15, 0.2) is 23.6 Å². The summed E-state index contributed by atoms with van der Waals surface area (Å²) in [6, 6.07) is 5.62. The zero-order valence-corrected chi connectivity index (χ0v) is 17.1. The van der Waals surface area contributed by atoms with E-state index in [-0.39, 0.29) is 5.95 Å². The summed E-state index contributed by atoms with van der Waals surface area (Å²) in [5, 5.41) is 22.1. The van der Waals surface area contributed by atoms with Gasteiger partial charge in [-0.3, -0.25) is 4.98 Å². The van der Waals surface area contributed by atoms with Crippen molar-refractivity contribution in [2.45, 2.75) is 31.9 Å². The molecule has 4 aromatic heterocycles. The molecule has 1 aliphatic heterocycles. The number of hydrogen-bond acceptors (Lipinski definition) is 10. The molecule has 0 radical (unpaired) electrons. The van der Waals surface area contributed by atoms with E-state index in [2.05, 4.69) is 30.2 Å². The molecule has 0 aliphatic carbocycles. The van der Waals surface area contributed by atoms with Crippen LogP contribution in [-0.4, -0.2) is 53.3 Å². The van der Waals surface area contributed by atoms with E-state index in [0.29, 0.717) is 55.2 Å². The molecule has 0 amide bonds. The van der Waals surface area contributed by atoms with Crippen LogP contribution in [0.2, 0.25) is 0 Å². The summed E-state index contributed by atoms with van der Waals surface area (Å²) in [7, 11) is 0. The average molecular weight is 424 g/mol. The molecule has 5 heterocycles. The Labute approximate surface area is 175 Å². The SMILES string of the molecule is Cc1csc(-c2nc(N)nc3c2nnn3Cc2cccc(C3(O)CCOCC3)n2)n1. The van der Waals surface area contributed by atoms with Crippen molar-refractivity contribution in [3.63, 3.8) is 0 Å². The highest BCUT2D eigenvalue weighted by molar-refractivity contribution is 7.13. The summed E-state index contributed by atoms with van der Waals surface area (Å²) in [5.41, 5.74) is 8.89. The van der Waals surface area contributed by atoms with E-state index in [0.717, 1.165) is 16.4 Å². The van der Waals surface area contributed by atoms with Crippen molar-refractivity contribution in [1.82, 2.24) is 34.9 Å². The lowest BCUT2D eigenvalue weighted by molar-refractivity contribution is -0.0706. The maximum Gasteiger partial charge on any atom is 0.222 e. The minimum atomic E-state index is -0.971. The molecule has 11 heteroatoms. The lowest BCUT2D eigenvalue weighted by atomic mass is 9.90. The number of anilines is 1. The maximum atomic E-state index is 10.9. The molecular weight excluding hydrogens is 404 g/mol. The fourth-order valence-corrected chi connectivity index (χ4v) is 4.32. The molecule has 5 rings (SSSR count). The molecule has 10 nitrogen and oxygen atoms in total. The van der Waals surface area contributed by atoms with E-state index in [4.69, 9.17) is 10.5 Å². The number of ether oxygens (including phenoxy) is 1. The van der Waals surface area contributed by atoms with E-state index in [1.807, 2.05) is 30.5 Å². The van der Waals surface area contributed by atoms with E-state index in [1.165, 1.54) is 11.3 Å². The largest absolute Gasteiger partial charge is 0.383 e. The van der Waals surface area contributed by atoms with Crippen LogP contribution in [0.4, 0.5) is 5.95 Å². The number of nitrogens with zero attached hydrogens (tertiary/aromatic N) is 7. The maximum absolute atomic E-state index is 10.9. The van der Waals surface area contributed by atoms with Crippen LogP contribution in [0.5, 0.6) is 0 Å². The van der Waals surface area contributed by atoms with Crippen molar-refractivity contribution in [3.05, 3.63) is 40.7 Å². The van der Waals surface area contributed by atoms with Crippen LogP contribution >= 0.6 is 11.3 Å². The summed E-state index contributed by atoms with van der Waals surface area (Å²) in [4.78, 5) is 17.8. The van der Waals surface area contributed by atoms with Gasteiger partial charge < -0.3 is 15.6 Å². The molecule has 154 valence electrons. The lowest BCUT2D eigenvalue weighted by Crippen LogP contribution is -2.34. The van der Waals surface area contributed by atoms with Crippen molar-refractivity contribution in [3.8, 4) is 10.7 Å². The van der Waals surface area contributed by atoms with Gasteiger partial charge in [0.2, 0.25) is 5.95 Å². The number of fused-ring (bicyclic) bond motifs is 1. The molecule has 1 fully saturated rings. The zero-order valence-electron chi connectivity index (χ0n) is 16.3. The fourth-order valence-electron chi connectivity index (χ4n) is 3.54. The number of aryl methyl sites for hydroxylation is 1. The highest BCUT2D eigenvalue weighted by Gasteiger charge is 2.33. The third-order valence-electron chi connectivity index (χ3n) is 5.12. The standard InChI is InChI=1S/C19H20N8O2S/c1-11-10-30-17(21-11)15-14-16(24-18(20)23-15)27(26-25-14)9-12-3-2-4-13(22-12)19(28)5-7-29-8-6-19/h2-4,10,28H,5-9H2,1H3,(H2,20,23,24). The second kappa shape index (κ2) is 7.35. The van der Waals surface area contributed by atoms with Gasteiger partial charge in [-0.25, -0.2) is 14.6 Å². The third-order valence-corrected chi connectivity index (χ3v) is 6.08. The number of nitrogens with two attached hydrogens (primary N) is 1. The molecule has 0 atom stereocenters. The van der Waals surface area contributed by atoms with Crippen molar-refractivity contribution >= 4 is 28.4 Å². The minimum Gasteiger partial charge on any atom is -0.383 e. The first-order valence-corrected chi connectivity index (χ1v) is 10.5. The summed E-state index contributed by atoms with van der Waals surface area (Å²) in [6.45, 7) is 3.30. The number of aromatic nitrogens is 7. The Morgan fingerprint density at radius 1 is 1.20 bits per heavy atom. The Balaban J connectivity index is 1.51. The second-order valence-electron chi connectivity index (χ2n) is 7.30. The van der Waals surface area contributed by atoms with Crippen LogP contribution in [0.1, 0.15) is 29.9 Å². The molecule has 0 bridgehead atoms. The molecule has 0 aromatic carbocycles. The van der Waals surface area contributed by atoms with Gasteiger partial charge in [-0.1, -0.05) is 11.3 Å². The monoisotopic (exact) mass is 424 g/mol. The van der Waals surface area contributed by atoms with Gasteiger partial charge >= 0.3 is 0 Å². The topological polar surface area (TPSA) is 138 Å². The van der Waals surface area contributed by atoms with E-state index in [9.17, 15) is 5.11 Å². The lowest BCUT2D eigenvalue weighted by Gasteiger charge is -2.31. The Bertz CT molecular complexity index is 1210. The normalized spacial score (nSPS) is 16.2. The number of nitrogen functional groups attached to an aromatic ring is 1. The predicted octanol–water partition coefficient (Wildman–Crippen LogP) is 1.68. The molecule has 0 saturated carbocycles. The van der Waals surface area contributed by atoms with Crippen molar-refractivity contribution in [1.29, 1.82) is 0 Å². The van der Waals surface area contributed by atoms with E-state index < -0.39 is 5.60 Å². The molecule has 4 aromatic rings. The van der Waals surface area contributed by atoms with Crippen LogP contribution < -0.4 is 5.73 Å². The van der Waals surface area contributed by atoms with Crippen LogP contribution in [-0.2, 0) is 16.9 Å². The Kier molecular flexibility index (Phi) is 4.65. The van der Waals surface area contributed by atoms with E-state index in [1.54, 1.807) is 4.68 Å². The van der Waals surface area contributed by atoms with Crippen LogP contribution in [0, 0.1) is 6.92 Å². The summed E-state index contributed by atoms with van der Waals surface area (Å²) >= 11 is 1.47. The van der Waals surface area contributed by atoms with Gasteiger partial charge in [-0.15, -0.1) is 16.4 Å². The molecule has 30 heavy (non-hydrogen) atoms. The van der Waals surface area contributed by atoms with Crippen LogP contribution in [0.3, 0.4) is 0 Å². The van der Waals surface area contributed by atoms with Crippen molar-refractivity contribution in [2.75, 3.05) is 18.9 Å². The minimum absolute atomic E-state index is 0.132. The first kappa shape index (κ1) is 19.0. The first-order chi connectivity index (χ1) is 14.5. The smallest absolute Gasteiger partial charge is 0.222 e. The molecule has 0 spiro atoms. The average Bonchev–Trinajstić information content (AvgIpc) is 3.35. The Hall–Kier alpha value is -3.02. The fraction of sp³-hybridized carbons (Fsp3) is 0.368. The predicted molar refractivity (Wildman–Crippen MR) is 111 cm³/mol. The van der Waals surface area contributed by atoms with Gasteiger partial charge in [-0.2, -0.15) is 4.98 Å². The Morgan fingerprint density at radius 3 is 2.80 bits per heavy atom. The summed E-state index contributed by atoms with van der Waals surface area (Å²) in [6.07, 6.45) is 1.05. The summed E-state index contributed by atoms with van der Waals surface area (Å²) < 4.78 is 7.01. The molecule has 3 N–H and O–H groups in total. The van der Waals surface area contributed by atoms with Crippen LogP contribution in [0.25, 0.3) is 21.9 Å². The van der Waals surface area contributed by atoms with Gasteiger partial charge in [0, 0.05) is 37.1 Å². The molecule has 1 aliphatic rings. The van der Waals surface area contributed by atoms with Gasteiger partial charge in [-0.05, 0) is 19.1 Å². The van der Waals surface area contributed by atoms with Gasteiger partial charge in [0.25, 0.3) is 0 Å². The first-order valence-electron chi connectivity index (χ1n) is 9.58. The zero-order chi connectivity index (χ0) is 20.7. The molecule has 0 unspecified atom stereocenters. The number of rotatable bonds is 4.